The summed E-state index contributed by atoms with van der Waals surface area (Å²) in [5.74, 6) is 1.54. The van der Waals surface area contributed by atoms with E-state index in [1.165, 1.54) is 5.56 Å². The Bertz CT molecular complexity index is 822. The molecule has 174 valence electrons. The van der Waals surface area contributed by atoms with Crippen LogP contribution in [0.25, 0.3) is 6.08 Å². The molecular formula is C24H34IN5O2. The topological polar surface area (TPSA) is 62.2 Å². The van der Waals surface area contributed by atoms with Crippen LogP contribution in [0, 0.1) is 0 Å². The van der Waals surface area contributed by atoms with Crippen LogP contribution in [0.4, 0.5) is 0 Å². The molecule has 2 heterocycles. The predicted octanol–water partition coefficient (Wildman–Crippen LogP) is 3.13. The molecule has 0 amide bonds. The largest absolute Gasteiger partial charge is 0.475 e. The van der Waals surface area contributed by atoms with E-state index in [-0.39, 0.29) is 24.0 Å². The number of halogens is 1. The molecule has 8 heteroatoms. The lowest BCUT2D eigenvalue weighted by atomic mass is 10.2. The van der Waals surface area contributed by atoms with Crippen LogP contribution >= 0.6 is 24.0 Å². The highest BCUT2D eigenvalue weighted by atomic mass is 127. The van der Waals surface area contributed by atoms with Crippen molar-refractivity contribution in [3.63, 3.8) is 0 Å². The highest BCUT2D eigenvalue weighted by Gasteiger charge is 2.18. The SMILES string of the molecule is CN=C(NCc1ccc(OCCOC)nc1)N1CCN(C/C=C/c2ccccc2)CC1.I. The van der Waals surface area contributed by atoms with Crippen molar-refractivity contribution in [3.8, 4) is 5.88 Å². The maximum absolute atomic E-state index is 5.51. The van der Waals surface area contributed by atoms with Crippen LogP contribution < -0.4 is 10.1 Å². The monoisotopic (exact) mass is 551 g/mol. The summed E-state index contributed by atoms with van der Waals surface area (Å²) in [5.41, 5.74) is 2.33. The number of hydrogen-bond acceptors (Lipinski definition) is 5. The molecule has 0 spiro atoms. The number of ether oxygens (including phenoxy) is 2. The Morgan fingerprint density at radius 3 is 2.53 bits per heavy atom. The molecule has 7 nitrogen and oxygen atoms in total. The molecule has 0 saturated carbocycles. The molecule has 0 aliphatic carbocycles. The van der Waals surface area contributed by atoms with Crippen molar-refractivity contribution in [2.24, 2.45) is 4.99 Å². The van der Waals surface area contributed by atoms with Gasteiger partial charge in [0.25, 0.3) is 0 Å². The zero-order valence-corrected chi connectivity index (χ0v) is 21.3. The molecule has 3 rings (SSSR count). The summed E-state index contributed by atoms with van der Waals surface area (Å²) in [4.78, 5) is 13.6. The van der Waals surface area contributed by atoms with E-state index in [1.807, 2.05) is 31.4 Å². The molecule has 1 saturated heterocycles. The van der Waals surface area contributed by atoms with Crippen LogP contribution in [0.3, 0.4) is 0 Å². The van der Waals surface area contributed by atoms with Gasteiger partial charge in [0, 0.05) is 65.7 Å². The lowest BCUT2D eigenvalue weighted by Gasteiger charge is -2.36. The third-order valence-corrected chi connectivity index (χ3v) is 5.14. The third kappa shape index (κ3) is 8.76. The fourth-order valence-electron chi connectivity index (χ4n) is 3.39. The second-order valence-corrected chi connectivity index (χ2v) is 7.35. The minimum absolute atomic E-state index is 0. The van der Waals surface area contributed by atoms with Crippen molar-refractivity contribution < 1.29 is 9.47 Å². The van der Waals surface area contributed by atoms with Gasteiger partial charge in [-0.15, -0.1) is 24.0 Å². The molecular weight excluding hydrogens is 517 g/mol. The number of pyridine rings is 1. The second-order valence-electron chi connectivity index (χ2n) is 7.35. The number of rotatable bonds is 9. The van der Waals surface area contributed by atoms with Gasteiger partial charge in [-0.2, -0.15) is 0 Å². The number of piperazine rings is 1. The first-order chi connectivity index (χ1) is 15.3. The van der Waals surface area contributed by atoms with Crippen molar-refractivity contribution in [1.82, 2.24) is 20.1 Å². The molecule has 1 aromatic carbocycles. The summed E-state index contributed by atoms with van der Waals surface area (Å²) in [5, 5.41) is 3.45. The third-order valence-electron chi connectivity index (χ3n) is 5.14. The van der Waals surface area contributed by atoms with Gasteiger partial charge >= 0.3 is 0 Å². The van der Waals surface area contributed by atoms with Gasteiger partial charge < -0.3 is 19.7 Å². The molecule has 1 N–H and O–H groups in total. The van der Waals surface area contributed by atoms with Crippen LogP contribution in [0.5, 0.6) is 5.88 Å². The van der Waals surface area contributed by atoms with Gasteiger partial charge in [0.1, 0.15) is 6.61 Å². The summed E-state index contributed by atoms with van der Waals surface area (Å²) in [6.45, 7) is 6.67. The fourth-order valence-corrected chi connectivity index (χ4v) is 3.39. The Hall–Kier alpha value is -2.17. The van der Waals surface area contributed by atoms with E-state index in [4.69, 9.17) is 9.47 Å². The van der Waals surface area contributed by atoms with Crippen LogP contribution in [0.1, 0.15) is 11.1 Å². The molecule has 0 radical (unpaired) electrons. The summed E-state index contributed by atoms with van der Waals surface area (Å²) in [6, 6.07) is 14.3. The molecule has 1 aliphatic rings. The number of aromatic nitrogens is 1. The first-order valence-electron chi connectivity index (χ1n) is 10.7. The van der Waals surface area contributed by atoms with Crippen molar-refractivity contribution in [2.45, 2.75) is 6.54 Å². The standard InChI is InChI=1S/C24H33N5O2.HI/c1-25-24(27-20-22-10-11-23(26-19-22)31-18-17-30-2)29-15-13-28(14-16-29)12-6-9-21-7-4-3-5-8-21;/h3-11,19H,12-18,20H2,1-2H3,(H,25,27);1H/b9-6+;. The summed E-state index contributed by atoms with van der Waals surface area (Å²) in [7, 11) is 3.49. The van der Waals surface area contributed by atoms with E-state index in [1.54, 1.807) is 7.11 Å². The van der Waals surface area contributed by atoms with E-state index in [0.717, 1.165) is 44.2 Å². The number of methoxy groups -OCH3 is 1. The maximum Gasteiger partial charge on any atom is 0.213 e. The van der Waals surface area contributed by atoms with Crippen LogP contribution in [-0.2, 0) is 11.3 Å². The van der Waals surface area contributed by atoms with Gasteiger partial charge in [-0.25, -0.2) is 4.98 Å². The number of aliphatic imine (C=N–C) groups is 1. The molecule has 1 fully saturated rings. The quantitative estimate of drug-likeness (QED) is 0.224. The lowest BCUT2D eigenvalue weighted by molar-refractivity contribution is 0.143. The maximum atomic E-state index is 5.51. The second kappa shape index (κ2) is 14.8. The van der Waals surface area contributed by atoms with Crippen molar-refractivity contribution in [1.29, 1.82) is 0 Å². The van der Waals surface area contributed by atoms with E-state index < -0.39 is 0 Å². The molecule has 32 heavy (non-hydrogen) atoms. The van der Waals surface area contributed by atoms with Gasteiger partial charge in [0.05, 0.1) is 6.61 Å². The Morgan fingerprint density at radius 1 is 1.09 bits per heavy atom. The molecule has 0 bridgehead atoms. The van der Waals surface area contributed by atoms with Gasteiger partial charge in [0.2, 0.25) is 5.88 Å². The Kier molecular flexibility index (Phi) is 12.1. The first kappa shape index (κ1) is 26.1. The molecule has 1 aliphatic heterocycles. The molecule has 0 atom stereocenters. The normalized spacial score (nSPS) is 14.9. The van der Waals surface area contributed by atoms with Gasteiger partial charge in [-0.05, 0) is 11.1 Å². The minimum Gasteiger partial charge on any atom is -0.475 e. The van der Waals surface area contributed by atoms with E-state index >= 15 is 0 Å². The summed E-state index contributed by atoms with van der Waals surface area (Å²) >= 11 is 0. The summed E-state index contributed by atoms with van der Waals surface area (Å²) in [6.07, 6.45) is 6.27. The average Bonchev–Trinajstić information content (AvgIpc) is 2.82. The minimum atomic E-state index is 0. The Morgan fingerprint density at radius 2 is 1.88 bits per heavy atom. The highest BCUT2D eigenvalue weighted by Crippen LogP contribution is 2.09. The first-order valence-corrected chi connectivity index (χ1v) is 10.7. The van der Waals surface area contributed by atoms with Gasteiger partial charge in [-0.1, -0.05) is 48.6 Å². The number of guanidine groups is 1. The number of benzene rings is 1. The fraction of sp³-hybridized carbons (Fsp3) is 0.417. The van der Waals surface area contributed by atoms with E-state index in [0.29, 0.717) is 25.6 Å². The summed E-state index contributed by atoms with van der Waals surface area (Å²) < 4.78 is 10.5. The number of nitrogens with zero attached hydrogens (tertiary/aromatic N) is 4. The van der Waals surface area contributed by atoms with Gasteiger partial charge in [-0.3, -0.25) is 9.89 Å². The average molecular weight is 551 g/mol. The zero-order valence-electron chi connectivity index (χ0n) is 18.9. The Labute approximate surface area is 208 Å². The van der Waals surface area contributed by atoms with E-state index in [2.05, 4.69) is 61.5 Å². The van der Waals surface area contributed by atoms with Crippen molar-refractivity contribution >= 4 is 36.0 Å². The highest BCUT2D eigenvalue weighted by molar-refractivity contribution is 14.0. The van der Waals surface area contributed by atoms with Crippen LogP contribution in [0.15, 0.2) is 59.7 Å². The predicted molar refractivity (Wildman–Crippen MR) is 141 cm³/mol. The smallest absolute Gasteiger partial charge is 0.213 e. The van der Waals surface area contributed by atoms with Crippen LogP contribution in [0.2, 0.25) is 0 Å². The van der Waals surface area contributed by atoms with E-state index in [9.17, 15) is 0 Å². The van der Waals surface area contributed by atoms with Crippen LogP contribution in [-0.4, -0.2) is 80.8 Å². The molecule has 0 unspecified atom stereocenters. The molecule has 1 aromatic heterocycles. The zero-order chi connectivity index (χ0) is 21.7. The Balaban J connectivity index is 0.00000363. The van der Waals surface area contributed by atoms with Crippen molar-refractivity contribution in [2.75, 3.05) is 60.1 Å². The van der Waals surface area contributed by atoms with Crippen molar-refractivity contribution in [3.05, 3.63) is 65.9 Å². The number of hydrogen-bond donors (Lipinski definition) is 1. The molecule has 2 aromatic rings. The van der Waals surface area contributed by atoms with Gasteiger partial charge in [0.15, 0.2) is 5.96 Å². The lowest BCUT2D eigenvalue weighted by Crippen LogP contribution is -2.52. The number of nitrogens with one attached hydrogen (secondary N) is 1.